The summed E-state index contributed by atoms with van der Waals surface area (Å²) < 4.78 is 11.5. The van der Waals surface area contributed by atoms with Gasteiger partial charge in [-0.3, -0.25) is 14.6 Å². The van der Waals surface area contributed by atoms with Crippen LogP contribution in [0.1, 0.15) is 90.0 Å². The van der Waals surface area contributed by atoms with Gasteiger partial charge in [0.1, 0.15) is 5.75 Å². The number of benzene rings is 3. The summed E-state index contributed by atoms with van der Waals surface area (Å²) in [5.74, 6) is 1.67. The minimum Gasteiger partial charge on any atom is -0.496 e. The first kappa shape index (κ1) is 31.2. The summed E-state index contributed by atoms with van der Waals surface area (Å²) in [5, 5.41) is 0. The molecule has 7 nitrogen and oxygen atoms in total. The molecule has 4 fully saturated rings. The summed E-state index contributed by atoms with van der Waals surface area (Å²) in [7, 11) is 1.81. The Balaban J connectivity index is 1.04. The summed E-state index contributed by atoms with van der Waals surface area (Å²) in [5.41, 5.74) is 13.3. The highest BCUT2D eigenvalue weighted by Crippen LogP contribution is 2.53. The molecule has 4 aliphatic rings. The maximum atomic E-state index is 11.5. The van der Waals surface area contributed by atoms with Crippen LogP contribution in [0.15, 0.2) is 66.7 Å². The highest BCUT2D eigenvalue weighted by Gasteiger charge is 2.55. The second kappa shape index (κ2) is 13.0. The molecule has 1 saturated carbocycles. The Morgan fingerprint density at radius 1 is 0.978 bits per heavy atom. The van der Waals surface area contributed by atoms with Crippen LogP contribution in [0.2, 0.25) is 0 Å². The lowest BCUT2D eigenvalue weighted by molar-refractivity contribution is -0.0647. The number of hydrogen-bond acceptors (Lipinski definition) is 6. The van der Waals surface area contributed by atoms with Gasteiger partial charge in [0.15, 0.2) is 0 Å². The maximum absolute atomic E-state index is 11.5. The Morgan fingerprint density at radius 2 is 1.72 bits per heavy atom. The van der Waals surface area contributed by atoms with Crippen molar-refractivity contribution in [1.82, 2.24) is 9.80 Å². The molecule has 3 heterocycles. The molecule has 3 aromatic rings. The lowest BCUT2D eigenvalue weighted by Gasteiger charge is -2.63. The molecule has 2 N–H and O–H groups in total. The topological polar surface area (TPSA) is 71.3 Å². The minimum absolute atomic E-state index is 0.370. The number of nitrogens with two attached hydrogens (primary N) is 1. The number of primary amides is 1. The molecule has 0 radical (unpaired) electrons. The number of ether oxygens (including phenoxy) is 2. The molecule has 7 heteroatoms. The van der Waals surface area contributed by atoms with Crippen molar-refractivity contribution >= 4 is 11.6 Å². The SMILES string of the molecule is COc1cc(CN2CCN(C3CC4(C3)CN(c3ccc(C(N)=O)cc3)C4)[C@H](c3ccccc3C(C)C)C2)ccc1C1CCOCC1. The van der Waals surface area contributed by atoms with Crippen LogP contribution in [0.3, 0.4) is 0 Å². The Bertz CT molecular complexity index is 1520. The Hall–Kier alpha value is -3.39. The van der Waals surface area contributed by atoms with Gasteiger partial charge in [-0.25, -0.2) is 0 Å². The van der Waals surface area contributed by atoms with E-state index in [1.807, 2.05) is 31.4 Å². The summed E-state index contributed by atoms with van der Waals surface area (Å²) >= 11 is 0. The molecule has 0 unspecified atom stereocenters. The molecule has 3 aliphatic heterocycles. The van der Waals surface area contributed by atoms with E-state index in [0.29, 0.717) is 34.9 Å². The van der Waals surface area contributed by atoms with E-state index < -0.39 is 0 Å². The van der Waals surface area contributed by atoms with E-state index in [-0.39, 0.29) is 5.91 Å². The highest BCUT2D eigenvalue weighted by molar-refractivity contribution is 5.93. The van der Waals surface area contributed by atoms with Gasteiger partial charge in [0.05, 0.1) is 7.11 Å². The predicted molar refractivity (Wildman–Crippen MR) is 184 cm³/mol. The van der Waals surface area contributed by atoms with Crippen LogP contribution in [0.4, 0.5) is 5.69 Å². The third-order valence-corrected chi connectivity index (χ3v) is 11.2. The maximum Gasteiger partial charge on any atom is 0.248 e. The average molecular weight is 623 g/mol. The highest BCUT2D eigenvalue weighted by atomic mass is 16.5. The third kappa shape index (κ3) is 6.17. The Morgan fingerprint density at radius 3 is 2.41 bits per heavy atom. The smallest absolute Gasteiger partial charge is 0.248 e. The molecular formula is C39H50N4O3. The number of nitrogens with zero attached hydrogens (tertiary/aromatic N) is 3. The third-order valence-electron chi connectivity index (χ3n) is 11.2. The molecule has 0 bridgehead atoms. The van der Waals surface area contributed by atoms with Gasteiger partial charge in [0.2, 0.25) is 5.91 Å². The Labute approximate surface area is 274 Å². The first-order chi connectivity index (χ1) is 22.3. The number of carbonyl (C=O) groups is 1. The minimum atomic E-state index is -0.370. The second-order valence-corrected chi connectivity index (χ2v) is 14.6. The first-order valence-electron chi connectivity index (χ1n) is 17.3. The van der Waals surface area contributed by atoms with Gasteiger partial charge in [-0.1, -0.05) is 50.2 Å². The predicted octanol–water partition coefficient (Wildman–Crippen LogP) is 6.34. The van der Waals surface area contributed by atoms with Gasteiger partial charge in [-0.2, -0.15) is 0 Å². The summed E-state index contributed by atoms with van der Waals surface area (Å²) in [6.45, 7) is 12.7. The lowest BCUT2D eigenvalue weighted by atomic mass is 9.59. The van der Waals surface area contributed by atoms with Gasteiger partial charge in [0.25, 0.3) is 0 Å². The van der Waals surface area contributed by atoms with E-state index in [0.717, 1.165) is 71.1 Å². The normalized spacial score (nSPS) is 22.5. The van der Waals surface area contributed by atoms with Crippen molar-refractivity contribution in [2.45, 2.75) is 70.0 Å². The number of anilines is 1. The van der Waals surface area contributed by atoms with Crippen LogP contribution in [-0.4, -0.2) is 74.8 Å². The lowest BCUT2D eigenvalue weighted by Crippen LogP contribution is -2.68. The fraction of sp³-hybridized carbons (Fsp3) is 0.513. The van der Waals surface area contributed by atoms with Crippen molar-refractivity contribution in [1.29, 1.82) is 0 Å². The van der Waals surface area contributed by atoms with Crippen molar-refractivity contribution < 1.29 is 14.3 Å². The average Bonchev–Trinajstić information content (AvgIpc) is 3.04. The standard InChI is InChI=1S/C39H50N4O3/c1-27(2)33-6-4-5-7-35(33)36-24-41(23-28-8-13-34(37(20-28)45-3)29-14-18-46-19-15-29)16-17-43(36)32-21-39(22-32)25-42(26-39)31-11-9-30(10-12-31)38(40)44/h4-13,20,27,29,32,36H,14-19,21-26H2,1-3H3,(H2,40,44)/t36-/m0/s1. The fourth-order valence-corrected chi connectivity index (χ4v) is 8.72. The molecule has 46 heavy (non-hydrogen) atoms. The molecule has 1 aliphatic carbocycles. The van der Waals surface area contributed by atoms with E-state index in [4.69, 9.17) is 15.2 Å². The molecule has 1 amide bonds. The quantitative estimate of drug-likeness (QED) is 0.300. The summed E-state index contributed by atoms with van der Waals surface area (Å²) in [6, 6.07) is 24.9. The second-order valence-electron chi connectivity index (χ2n) is 14.6. The van der Waals surface area contributed by atoms with E-state index >= 15 is 0 Å². The number of amides is 1. The van der Waals surface area contributed by atoms with Crippen LogP contribution >= 0.6 is 0 Å². The van der Waals surface area contributed by atoms with Crippen molar-refractivity contribution in [3.63, 3.8) is 0 Å². The molecular weight excluding hydrogens is 572 g/mol. The molecule has 7 rings (SSSR count). The number of carbonyl (C=O) groups excluding carboxylic acids is 1. The first-order valence-corrected chi connectivity index (χ1v) is 17.3. The van der Waals surface area contributed by atoms with Gasteiger partial charge < -0.3 is 20.1 Å². The number of rotatable bonds is 9. The van der Waals surface area contributed by atoms with Gasteiger partial charge in [-0.05, 0) is 90.1 Å². The van der Waals surface area contributed by atoms with Gasteiger partial charge in [-0.15, -0.1) is 0 Å². The molecule has 3 aromatic carbocycles. The molecule has 0 aromatic heterocycles. The molecule has 244 valence electrons. The van der Waals surface area contributed by atoms with Crippen LogP contribution < -0.4 is 15.4 Å². The van der Waals surface area contributed by atoms with Crippen molar-refractivity contribution in [3.8, 4) is 5.75 Å². The van der Waals surface area contributed by atoms with Gasteiger partial charge >= 0.3 is 0 Å². The monoisotopic (exact) mass is 622 g/mol. The van der Waals surface area contributed by atoms with Crippen LogP contribution in [-0.2, 0) is 11.3 Å². The van der Waals surface area contributed by atoms with E-state index in [2.05, 4.69) is 71.0 Å². The number of hydrogen-bond donors (Lipinski definition) is 1. The fourth-order valence-electron chi connectivity index (χ4n) is 8.72. The molecule has 3 saturated heterocycles. The van der Waals surface area contributed by atoms with Crippen molar-refractivity contribution in [2.24, 2.45) is 11.1 Å². The number of piperazine rings is 1. The van der Waals surface area contributed by atoms with E-state index in [1.165, 1.54) is 40.8 Å². The zero-order valence-electron chi connectivity index (χ0n) is 27.8. The summed E-state index contributed by atoms with van der Waals surface area (Å²) in [4.78, 5) is 19.5. The van der Waals surface area contributed by atoms with Crippen LogP contribution in [0.5, 0.6) is 5.75 Å². The van der Waals surface area contributed by atoms with E-state index in [9.17, 15) is 4.79 Å². The largest absolute Gasteiger partial charge is 0.496 e. The van der Waals surface area contributed by atoms with Crippen LogP contribution in [0.25, 0.3) is 0 Å². The summed E-state index contributed by atoms with van der Waals surface area (Å²) in [6.07, 6.45) is 4.65. The zero-order valence-corrected chi connectivity index (χ0v) is 27.8. The van der Waals surface area contributed by atoms with E-state index in [1.54, 1.807) is 0 Å². The Kier molecular flexibility index (Phi) is 8.83. The van der Waals surface area contributed by atoms with Gasteiger partial charge in [0, 0.05) is 81.2 Å². The van der Waals surface area contributed by atoms with Crippen molar-refractivity contribution in [3.05, 3.63) is 94.5 Å². The number of methoxy groups -OCH3 is 1. The molecule has 1 atom stereocenters. The van der Waals surface area contributed by atoms with Crippen molar-refractivity contribution in [2.75, 3.05) is 57.9 Å². The van der Waals surface area contributed by atoms with Crippen LogP contribution in [0, 0.1) is 5.41 Å². The molecule has 1 spiro atoms. The zero-order chi connectivity index (χ0) is 31.8.